The third kappa shape index (κ3) is 3.80. The minimum absolute atomic E-state index is 0.342. The fourth-order valence-corrected chi connectivity index (χ4v) is 1.99. The number of hydrogen-bond donors (Lipinski definition) is 0. The van der Waals surface area contributed by atoms with Crippen LogP contribution in [0.15, 0.2) is 58.5 Å². The number of rotatable bonds is 4. The molecule has 0 unspecified atom stereocenters. The molecule has 0 atom stereocenters. The van der Waals surface area contributed by atoms with Gasteiger partial charge in [-0.05, 0) is 50.1 Å². The quantitative estimate of drug-likeness (QED) is 0.744. The van der Waals surface area contributed by atoms with Gasteiger partial charge in [0.25, 0.3) is 0 Å². The molecule has 21 heavy (non-hydrogen) atoms. The van der Waals surface area contributed by atoms with Crippen molar-refractivity contribution in [3.63, 3.8) is 0 Å². The van der Waals surface area contributed by atoms with Crippen molar-refractivity contribution in [3.8, 4) is 5.75 Å². The molecule has 0 aliphatic rings. The lowest BCUT2D eigenvalue weighted by molar-refractivity contribution is 0.414. The molecular weight excluding hydrogens is 260 g/mol. The van der Waals surface area contributed by atoms with Gasteiger partial charge in [0.2, 0.25) is 0 Å². The van der Waals surface area contributed by atoms with E-state index in [1.165, 1.54) is 0 Å². The van der Waals surface area contributed by atoms with Crippen molar-refractivity contribution in [2.45, 2.75) is 26.3 Å². The average Bonchev–Trinajstić information content (AvgIpc) is 2.49. The molecule has 0 saturated heterocycles. The van der Waals surface area contributed by atoms with Crippen molar-refractivity contribution in [2.75, 3.05) is 7.11 Å². The van der Waals surface area contributed by atoms with E-state index in [-0.39, 0.29) is 5.54 Å². The Balaban J connectivity index is 2.24. The van der Waals surface area contributed by atoms with Crippen LogP contribution in [0.2, 0.25) is 0 Å². The molecule has 108 valence electrons. The van der Waals surface area contributed by atoms with E-state index in [1.54, 1.807) is 7.11 Å². The van der Waals surface area contributed by atoms with Gasteiger partial charge >= 0.3 is 0 Å². The predicted octanol–water partition coefficient (Wildman–Crippen LogP) is 4.74. The molecule has 0 aliphatic carbocycles. The molecular formula is C18H20N2O. The molecule has 2 aromatic rings. The maximum atomic E-state index is 5.18. The summed E-state index contributed by atoms with van der Waals surface area (Å²) in [5.74, 6) is 0.827. The van der Waals surface area contributed by atoms with Gasteiger partial charge in [-0.15, -0.1) is 0 Å². The van der Waals surface area contributed by atoms with Crippen molar-refractivity contribution in [3.05, 3.63) is 59.7 Å². The molecule has 0 amide bonds. The second kappa shape index (κ2) is 6.38. The van der Waals surface area contributed by atoms with Crippen molar-refractivity contribution in [2.24, 2.45) is 9.98 Å². The van der Waals surface area contributed by atoms with Gasteiger partial charge in [-0.25, -0.2) is 4.99 Å². The maximum Gasteiger partial charge on any atom is 0.119 e. The molecule has 0 aromatic heterocycles. The number of aryl methyl sites for hydroxylation is 1. The van der Waals surface area contributed by atoms with Crippen LogP contribution in [0.3, 0.4) is 0 Å². The summed E-state index contributed by atoms with van der Waals surface area (Å²) in [4.78, 5) is 8.78. The molecule has 2 aromatic carbocycles. The molecule has 0 heterocycles. The van der Waals surface area contributed by atoms with Crippen LogP contribution in [0.5, 0.6) is 5.75 Å². The summed E-state index contributed by atoms with van der Waals surface area (Å²) in [6.45, 7) is 6.09. The van der Waals surface area contributed by atoms with E-state index in [0.717, 1.165) is 22.6 Å². The highest BCUT2D eigenvalue weighted by Crippen LogP contribution is 2.25. The zero-order chi connectivity index (χ0) is 15.3. The molecule has 0 bridgehead atoms. The normalized spacial score (nSPS) is 10.7. The second-order valence-corrected chi connectivity index (χ2v) is 5.40. The Bertz CT molecular complexity index is 669. The highest BCUT2D eigenvalue weighted by molar-refractivity contribution is 5.58. The van der Waals surface area contributed by atoms with Crippen LogP contribution in [0, 0.1) is 6.92 Å². The lowest BCUT2D eigenvalue weighted by Crippen LogP contribution is -2.12. The largest absolute Gasteiger partial charge is 0.497 e. The number of aliphatic imine (C=N–C) groups is 2. The van der Waals surface area contributed by atoms with Crippen molar-refractivity contribution in [1.82, 2.24) is 0 Å². The van der Waals surface area contributed by atoms with Crippen LogP contribution in [0.25, 0.3) is 0 Å². The van der Waals surface area contributed by atoms with E-state index in [9.17, 15) is 0 Å². The van der Waals surface area contributed by atoms with Gasteiger partial charge in [-0.1, -0.05) is 30.3 Å². The fraction of sp³-hybridized carbons (Fsp3) is 0.278. The zero-order valence-electron chi connectivity index (χ0n) is 12.9. The summed E-state index contributed by atoms with van der Waals surface area (Å²) in [6, 6.07) is 18.7. The first-order valence-electron chi connectivity index (χ1n) is 6.91. The molecule has 2 rings (SSSR count). The molecule has 0 fully saturated rings. The molecule has 0 N–H and O–H groups in total. The minimum Gasteiger partial charge on any atom is -0.497 e. The van der Waals surface area contributed by atoms with Crippen LogP contribution >= 0.6 is 0 Å². The minimum atomic E-state index is -0.342. The van der Waals surface area contributed by atoms with Gasteiger partial charge in [-0.2, -0.15) is 4.99 Å². The number of nitrogens with zero attached hydrogens (tertiary/aromatic N) is 2. The molecule has 0 radical (unpaired) electrons. The Hall–Kier alpha value is -2.38. The van der Waals surface area contributed by atoms with E-state index < -0.39 is 0 Å². The first-order chi connectivity index (χ1) is 10.0. The van der Waals surface area contributed by atoms with Gasteiger partial charge in [0.15, 0.2) is 0 Å². The Morgan fingerprint density at radius 3 is 2.38 bits per heavy atom. The average molecular weight is 280 g/mol. The van der Waals surface area contributed by atoms with E-state index in [2.05, 4.69) is 28.1 Å². The SMILES string of the molecule is COc1ccc(N=C=NC(C)(C)c2ccccc2)c(C)c1. The molecule has 3 heteroatoms. The highest BCUT2D eigenvalue weighted by atomic mass is 16.5. The molecule has 0 aliphatic heterocycles. The number of methoxy groups -OCH3 is 1. The number of benzene rings is 2. The first-order valence-corrected chi connectivity index (χ1v) is 6.91. The van der Waals surface area contributed by atoms with Gasteiger partial charge < -0.3 is 4.74 Å². The summed E-state index contributed by atoms with van der Waals surface area (Å²) in [6.07, 6.45) is 0. The Morgan fingerprint density at radius 2 is 1.76 bits per heavy atom. The van der Waals surface area contributed by atoms with Gasteiger partial charge in [0, 0.05) is 0 Å². The standard InChI is InChI=1S/C18H20N2O/c1-14-12-16(21-4)10-11-17(14)19-13-20-18(2,3)15-8-6-5-7-9-15/h5-12H,1-4H3. The second-order valence-electron chi connectivity index (χ2n) is 5.40. The third-order valence-corrected chi connectivity index (χ3v) is 3.38. The third-order valence-electron chi connectivity index (χ3n) is 3.38. The lowest BCUT2D eigenvalue weighted by atomic mass is 9.95. The first kappa shape index (κ1) is 15.0. The lowest BCUT2D eigenvalue weighted by Gasteiger charge is -2.17. The molecule has 3 nitrogen and oxygen atoms in total. The maximum absolute atomic E-state index is 5.18. The summed E-state index contributed by atoms with van der Waals surface area (Å²) in [5.41, 5.74) is 2.68. The van der Waals surface area contributed by atoms with Gasteiger partial charge in [0.05, 0.1) is 24.3 Å². The highest BCUT2D eigenvalue weighted by Gasteiger charge is 2.17. The Kier molecular flexibility index (Phi) is 4.56. The topological polar surface area (TPSA) is 34.0 Å². The smallest absolute Gasteiger partial charge is 0.119 e. The van der Waals surface area contributed by atoms with E-state index >= 15 is 0 Å². The monoisotopic (exact) mass is 280 g/mol. The summed E-state index contributed by atoms with van der Waals surface area (Å²) >= 11 is 0. The summed E-state index contributed by atoms with van der Waals surface area (Å²) in [7, 11) is 1.65. The van der Waals surface area contributed by atoms with E-state index in [1.807, 2.05) is 57.2 Å². The van der Waals surface area contributed by atoms with Crippen molar-refractivity contribution in [1.29, 1.82) is 0 Å². The van der Waals surface area contributed by atoms with E-state index in [0.29, 0.717) is 0 Å². The molecule has 0 spiro atoms. The number of ether oxygens (including phenoxy) is 1. The van der Waals surface area contributed by atoms with Crippen LogP contribution in [0.4, 0.5) is 5.69 Å². The molecule has 0 saturated carbocycles. The summed E-state index contributed by atoms with van der Waals surface area (Å²) < 4.78 is 5.18. The van der Waals surface area contributed by atoms with Crippen LogP contribution in [-0.4, -0.2) is 13.1 Å². The van der Waals surface area contributed by atoms with Gasteiger partial charge in [0.1, 0.15) is 5.75 Å². The van der Waals surface area contributed by atoms with Crippen LogP contribution in [-0.2, 0) is 5.54 Å². The van der Waals surface area contributed by atoms with Crippen LogP contribution in [0.1, 0.15) is 25.0 Å². The van der Waals surface area contributed by atoms with Gasteiger partial charge in [-0.3, -0.25) is 0 Å². The number of hydrogen-bond acceptors (Lipinski definition) is 3. The zero-order valence-corrected chi connectivity index (χ0v) is 12.9. The Morgan fingerprint density at radius 1 is 1.05 bits per heavy atom. The van der Waals surface area contributed by atoms with Crippen molar-refractivity contribution >= 4 is 11.7 Å². The fourth-order valence-electron chi connectivity index (χ4n) is 1.99. The predicted molar refractivity (Wildman–Crippen MR) is 86.7 cm³/mol. The van der Waals surface area contributed by atoms with Crippen LogP contribution < -0.4 is 4.74 Å². The van der Waals surface area contributed by atoms with Crippen molar-refractivity contribution < 1.29 is 4.74 Å². The van der Waals surface area contributed by atoms with E-state index in [4.69, 9.17) is 4.74 Å². The Labute approximate surface area is 126 Å². The summed E-state index contributed by atoms with van der Waals surface area (Å²) in [5, 5.41) is 0.